The van der Waals surface area contributed by atoms with E-state index >= 15 is 0 Å². The number of thiophene rings is 1. The van der Waals surface area contributed by atoms with Crippen molar-refractivity contribution in [1.29, 1.82) is 0 Å². The molecule has 0 aliphatic carbocycles. The molecule has 0 fully saturated rings. The first-order chi connectivity index (χ1) is 8.15. The van der Waals surface area contributed by atoms with Crippen LogP contribution in [0.25, 0.3) is 0 Å². The normalized spacial score (nSPS) is 10.8. The highest BCUT2D eigenvalue weighted by atomic mass is 79.9. The summed E-state index contributed by atoms with van der Waals surface area (Å²) >= 11 is 5.11. The van der Waals surface area contributed by atoms with Crippen molar-refractivity contribution in [3.63, 3.8) is 0 Å². The first-order valence-electron chi connectivity index (χ1n) is 5.35. The van der Waals surface area contributed by atoms with E-state index in [4.69, 9.17) is 0 Å². The Hall–Kier alpha value is -0.710. The Kier molecular flexibility index (Phi) is 4.31. The minimum absolute atomic E-state index is 0.164. The van der Waals surface area contributed by atoms with Crippen LogP contribution >= 0.6 is 27.3 Å². The molecule has 17 heavy (non-hydrogen) atoms. The first-order valence-corrected chi connectivity index (χ1v) is 6.96. The van der Waals surface area contributed by atoms with Crippen LogP contribution in [-0.2, 0) is 13.1 Å². The van der Waals surface area contributed by atoms with E-state index in [2.05, 4.69) is 40.3 Å². The number of benzene rings is 1. The molecule has 1 N–H and O–H groups in total. The summed E-state index contributed by atoms with van der Waals surface area (Å²) in [6.45, 7) is 3.41. The Labute approximate surface area is 113 Å². The topological polar surface area (TPSA) is 12.0 Å². The molecule has 0 saturated heterocycles. The molecule has 0 aliphatic rings. The van der Waals surface area contributed by atoms with Crippen molar-refractivity contribution >= 4 is 27.3 Å². The van der Waals surface area contributed by atoms with Crippen LogP contribution in [-0.4, -0.2) is 0 Å². The highest BCUT2D eigenvalue weighted by molar-refractivity contribution is 9.10. The minimum Gasteiger partial charge on any atom is -0.308 e. The lowest BCUT2D eigenvalue weighted by atomic mass is 10.2. The van der Waals surface area contributed by atoms with E-state index in [9.17, 15) is 4.39 Å². The predicted octanol–water partition coefficient (Wildman–Crippen LogP) is 4.25. The van der Waals surface area contributed by atoms with Gasteiger partial charge in [-0.15, -0.1) is 11.3 Å². The zero-order valence-electron chi connectivity index (χ0n) is 9.47. The molecule has 2 aromatic rings. The smallest absolute Gasteiger partial charge is 0.127 e. The fraction of sp³-hybridized carbons (Fsp3) is 0.231. The van der Waals surface area contributed by atoms with Gasteiger partial charge in [0.15, 0.2) is 0 Å². The lowest BCUT2D eigenvalue weighted by Crippen LogP contribution is -2.12. The third-order valence-corrected chi connectivity index (χ3v) is 3.91. The van der Waals surface area contributed by atoms with Gasteiger partial charge in [0.2, 0.25) is 0 Å². The second kappa shape index (κ2) is 5.76. The lowest BCUT2D eigenvalue weighted by molar-refractivity contribution is 0.588. The van der Waals surface area contributed by atoms with Gasteiger partial charge in [0, 0.05) is 32.9 Å². The molecule has 0 radical (unpaired) electrons. The van der Waals surface area contributed by atoms with Crippen molar-refractivity contribution in [2.75, 3.05) is 0 Å². The maximum absolute atomic E-state index is 13.4. The molecule has 0 unspecified atom stereocenters. The Balaban J connectivity index is 1.91. The molecule has 1 heterocycles. The summed E-state index contributed by atoms with van der Waals surface area (Å²) in [6, 6.07) is 9.20. The van der Waals surface area contributed by atoms with Crippen LogP contribution in [0.15, 0.2) is 34.8 Å². The number of hydrogen-bond donors (Lipinski definition) is 1. The van der Waals surface area contributed by atoms with Gasteiger partial charge in [0.05, 0.1) is 0 Å². The minimum atomic E-state index is -0.164. The highest BCUT2D eigenvalue weighted by Crippen LogP contribution is 2.17. The molecule has 0 aliphatic heterocycles. The van der Waals surface area contributed by atoms with Gasteiger partial charge in [0.25, 0.3) is 0 Å². The molecule has 0 amide bonds. The van der Waals surface area contributed by atoms with Gasteiger partial charge in [-0.05, 0) is 37.3 Å². The van der Waals surface area contributed by atoms with Crippen LogP contribution in [0.2, 0.25) is 0 Å². The molecule has 0 bridgehead atoms. The second-order valence-corrected chi connectivity index (χ2v) is 6.14. The number of rotatable bonds is 4. The average Bonchev–Trinajstić information content (AvgIpc) is 2.69. The molecular formula is C13H13BrFNS. The summed E-state index contributed by atoms with van der Waals surface area (Å²) in [4.78, 5) is 2.58. The molecule has 90 valence electrons. The second-order valence-electron chi connectivity index (χ2n) is 3.85. The maximum atomic E-state index is 13.4. The van der Waals surface area contributed by atoms with Crippen LogP contribution in [0, 0.1) is 12.7 Å². The largest absolute Gasteiger partial charge is 0.308 e. The molecular weight excluding hydrogens is 301 g/mol. The molecule has 1 nitrogen and oxygen atoms in total. The third kappa shape index (κ3) is 3.63. The van der Waals surface area contributed by atoms with E-state index in [1.54, 1.807) is 17.4 Å². The Morgan fingerprint density at radius 1 is 1.24 bits per heavy atom. The molecule has 2 rings (SSSR count). The quantitative estimate of drug-likeness (QED) is 0.890. The average molecular weight is 314 g/mol. The van der Waals surface area contributed by atoms with Crippen LogP contribution in [0.1, 0.15) is 15.3 Å². The summed E-state index contributed by atoms with van der Waals surface area (Å²) in [6.07, 6.45) is 0. The Morgan fingerprint density at radius 3 is 2.76 bits per heavy atom. The van der Waals surface area contributed by atoms with Crippen molar-refractivity contribution in [3.05, 3.63) is 55.9 Å². The van der Waals surface area contributed by atoms with Crippen molar-refractivity contribution < 1.29 is 4.39 Å². The number of hydrogen-bond acceptors (Lipinski definition) is 2. The molecule has 0 spiro atoms. The first kappa shape index (κ1) is 12.7. The fourth-order valence-corrected chi connectivity index (χ4v) is 2.85. The van der Waals surface area contributed by atoms with Gasteiger partial charge in [0.1, 0.15) is 5.82 Å². The van der Waals surface area contributed by atoms with Crippen LogP contribution in [0.3, 0.4) is 0 Å². The van der Waals surface area contributed by atoms with E-state index in [1.165, 1.54) is 15.8 Å². The SMILES string of the molecule is Cc1ccc(CNCc2cc(Br)ccc2F)s1. The summed E-state index contributed by atoms with van der Waals surface area (Å²) < 4.78 is 14.3. The van der Waals surface area contributed by atoms with Crippen LogP contribution in [0.5, 0.6) is 0 Å². The summed E-state index contributed by atoms with van der Waals surface area (Å²) in [5, 5.41) is 3.25. The van der Waals surface area contributed by atoms with Gasteiger partial charge in [-0.2, -0.15) is 0 Å². The van der Waals surface area contributed by atoms with Gasteiger partial charge < -0.3 is 5.32 Å². The van der Waals surface area contributed by atoms with Gasteiger partial charge >= 0.3 is 0 Å². The highest BCUT2D eigenvalue weighted by Gasteiger charge is 2.03. The van der Waals surface area contributed by atoms with E-state index in [0.717, 1.165) is 11.0 Å². The number of aryl methyl sites for hydroxylation is 1. The third-order valence-electron chi connectivity index (χ3n) is 2.42. The van der Waals surface area contributed by atoms with Crippen LogP contribution in [0.4, 0.5) is 4.39 Å². The van der Waals surface area contributed by atoms with Crippen molar-refractivity contribution in [1.82, 2.24) is 5.32 Å². The molecule has 1 aromatic heterocycles. The van der Waals surface area contributed by atoms with Gasteiger partial charge in [-0.3, -0.25) is 0 Å². The van der Waals surface area contributed by atoms with Crippen LogP contribution < -0.4 is 5.32 Å². The van der Waals surface area contributed by atoms with Gasteiger partial charge in [-0.1, -0.05) is 15.9 Å². The number of nitrogens with one attached hydrogen (secondary N) is 1. The molecule has 4 heteroatoms. The standard InChI is InChI=1S/C13H13BrFNS/c1-9-2-4-12(17-9)8-16-7-10-6-11(14)3-5-13(10)15/h2-6,16H,7-8H2,1H3. The molecule has 0 atom stereocenters. The van der Waals surface area contributed by atoms with E-state index in [1.807, 2.05) is 6.07 Å². The van der Waals surface area contributed by atoms with Gasteiger partial charge in [-0.25, -0.2) is 4.39 Å². The zero-order valence-corrected chi connectivity index (χ0v) is 11.9. The van der Waals surface area contributed by atoms with Crippen molar-refractivity contribution in [3.8, 4) is 0 Å². The summed E-state index contributed by atoms with van der Waals surface area (Å²) in [5.74, 6) is -0.164. The van der Waals surface area contributed by atoms with Crippen molar-refractivity contribution in [2.45, 2.75) is 20.0 Å². The maximum Gasteiger partial charge on any atom is 0.127 e. The lowest BCUT2D eigenvalue weighted by Gasteiger charge is -2.05. The molecule has 0 saturated carbocycles. The van der Waals surface area contributed by atoms with E-state index in [-0.39, 0.29) is 5.82 Å². The van der Waals surface area contributed by atoms with Crippen molar-refractivity contribution in [2.24, 2.45) is 0 Å². The number of halogens is 2. The Bertz CT molecular complexity index is 510. The monoisotopic (exact) mass is 313 g/mol. The van der Waals surface area contributed by atoms with E-state index in [0.29, 0.717) is 12.1 Å². The zero-order chi connectivity index (χ0) is 12.3. The van der Waals surface area contributed by atoms with E-state index < -0.39 is 0 Å². The summed E-state index contributed by atoms with van der Waals surface area (Å²) in [5.41, 5.74) is 0.688. The fourth-order valence-electron chi connectivity index (χ4n) is 1.58. The summed E-state index contributed by atoms with van der Waals surface area (Å²) in [7, 11) is 0. The Morgan fingerprint density at radius 2 is 2.06 bits per heavy atom. The molecule has 1 aromatic carbocycles. The predicted molar refractivity (Wildman–Crippen MR) is 73.7 cm³/mol.